The Labute approximate surface area is 140 Å². The van der Waals surface area contributed by atoms with Crippen molar-refractivity contribution in [2.75, 3.05) is 5.32 Å². The van der Waals surface area contributed by atoms with E-state index in [2.05, 4.69) is 5.32 Å². The van der Waals surface area contributed by atoms with Crippen molar-refractivity contribution in [3.63, 3.8) is 0 Å². The first-order chi connectivity index (χ1) is 10.3. The van der Waals surface area contributed by atoms with Gasteiger partial charge in [0.2, 0.25) is 5.91 Å². The predicted octanol–water partition coefficient (Wildman–Crippen LogP) is 4.06. The van der Waals surface area contributed by atoms with Gasteiger partial charge in [-0.15, -0.1) is 12.4 Å². The molecular weight excluding hydrogens is 329 g/mol. The lowest BCUT2D eigenvalue weighted by Crippen LogP contribution is -2.28. The molecule has 0 aromatic heterocycles. The Balaban J connectivity index is 0.00000264. The highest BCUT2D eigenvalue weighted by molar-refractivity contribution is 5.90. The normalized spacial score (nSPS) is 20.9. The van der Waals surface area contributed by atoms with E-state index in [1.54, 1.807) is 24.3 Å². The standard InChI is InChI=1S/C16H21F3N2O.ClH/c17-16(18,19)9-8-11-4-6-13(7-5-11)21-15(22)10-12-2-1-3-14(12)20;/h4-7,12,14H,1-3,8-10,20H2,(H,21,22);1H/t12-,14+;/m0./s1. The molecule has 0 unspecified atom stereocenters. The summed E-state index contributed by atoms with van der Waals surface area (Å²) in [5.74, 6) is 0.136. The molecule has 0 bridgehead atoms. The molecule has 0 radical (unpaired) electrons. The van der Waals surface area contributed by atoms with Gasteiger partial charge in [0.25, 0.3) is 0 Å². The maximum absolute atomic E-state index is 12.2. The molecule has 23 heavy (non-hydrogen) atoms. The first-order valence-corrected chi connectivity index (χ1v) is 7.54. The second-order valence-electron chi connectivity index (χ2n) is 5.92. The van der Waals surface area contributed by atoms with Crippen LogP contribution in [0.25, 0.3) is 0 Å². The number of hydrogen-bond acceptors (Lipinski definition) is 2. The number of nitrogens with one attached hydrogen (secondary N) is 1. The smallest absolute Gasteiger partial charge is 0.327 e. The van der Waals surface area contributed by atoms with Crippen LogP contribution in [-0.2, 0) is 11.2 Å². The molecule has 0 aliphatic heterocycles. The molecule has 3 nitrogen and oxygen atoms in total. The molecule has 1 amide bonds. The fourth-order valence-corrected chi connectivity index (χ4v) is 2.81. The zero-order chi connectivity index (χ0) is 16.2. The third kappa shape index (κ3) is 6.79. The van der Waals surface area contributed by atoms with Gasteiger partial charge in [0.1, 0.15) is 0 Å². The lowest BCUT2D eigenvalue weighted by Gasteiger charge is -2.15. The summed E-state index contributed by atoms with van der Waals surface area (Å²) in [6, 6.07) is 6.59. The predicted molar refractivity (Wildman–Crippen MR) is 86.6 cm³/mol. The Morgan fingerprint density at radius 3 is 2.39 bits per heavy atom. The highest BCUT2D eigenvalue weighted by atomic mass is 35.5. The summed E-state index contributed by atoms with van der Waals surface area (Å²) in [7, 11) is 0. The van der Waals surface area contributed by atoms with Crippen LogP contribution in [0.4, 0.5) is 18.9 Å². The van der Waals surface area contributed by atoms with Crippen molar-refractivity contribution in [3.8, 4) is 0 Å². The Bertz CT molecular complexity index is 505. The second kappa shape index (κ2) is 8.55. The maximum Gasteiger partial charge on any atom is 0.389 e. The van der Waals surface area contributed by atoms with Gasteiger partial charge in [-0.25, -0.2) is 0 Å². The lowest BCUT2D eigenvalue weighted by atomic mass is 10.00. The molecule has 130 valence electrons. The fourth-order valence-electron chi connectivity index (χ4n) is 2.81. The van der Waals surface area contributed by atoms with Crippen LogP contribution in [0, 0.1) is 5.92 Å². The Kier molecular flexibility index (Phi) is 7.35. The SMILES string of the molecule is Cl.N[C@@H]1CCC[C@H]1CC(=O)Nc1ccc(CCC(F)(F)F)cc1. The molecule has 1 aliphatic carbocycles. The Morgan fingerprint density at radius 1 is 1.22 bits per heavy atom. The second-order valence-corrected chi connectivity index (χ2v) is 5.92. The number of aryl methyl sites for hydroxylation is 1. The van der Waals surface area contributed by atoms with Crippen molar-refractivity contribution in [2.45, 2.75) is 50.7 Å². The van der Waals surface area contributed by atoms with Gasteiger partial charge in [0.05, 0.1) is 0 Å². The average molecular weight is 351 g/mol. The molecule has 3 N–H and O–H groups in total. The van der Waals surface area contributed by atoms with Gasteiger partial charge in [-0.3, -0.25) is 4.79 Å². The third-order valence-corrected chi connectivity index (χ3v) is 4.10. The van der Waals surface area contributed by atoms with Crippen molar-refractivity contribution >= 4 is 24.0 Å². The summed E-state index contributed by atoms with van der Waals surface area (Å²) in [6.07, 6.45) is -1.62. The van der Waals surface area contributed by atoms with Crippen molar-refractivity contribution in [1.29, 1.82) is 0 Å². The number of alkyl halides is 3. The highest BCUT2D eigenvalue weighted by Crippen LogP contribution is 2.27. The summed E-state index contributed by atoms with van der Waals surface area (Å²) in [6.45, 7) is 0. The van der Waals surface area contributed by atoms with Crippen LogP contribution in [0.5, 0.6) is 0 Å². The number of rotatable bonds is 5. The van der Waals surface area contributed by atoms with Gasteiger partial charge in [-0.05, 0) is 42.9 Å². The number of amides is 1. The van der Waals surface area contributed by atoms with Gasteiger partial charge in [-0.1, -0.05) is 18.6 Å². The molecule has 2 rings (SSSR count). The fraction of sp³-hybridized carbons (Fsp3) is 0.562. The molecule has 0 heterocycles. The monoisotopic (exact) mass is 350 g/mol. The number of nitrogens with two attached hydrogens (primary N) is 1. The zero-order valence-corrected chi connectivity index (χ0v) is 13.6. The van der Waals surface area contributed by atoms with E-state index < -0.39 is 12.6 Å². The summed E-state index contributed by atoms with van der Waals surface area (Å²) < 4.78 is 36.5. The van der Waals surface area contributed by atoms with Crippen LogP contribution in [0.2, 0.25) is 0 Å². The van der Waals surface area contributed by atoms with Crippen molar-refractivity contribution < 1.29 is 18.0 Å². The van der Waals surface area contributed by atoms with E-state index >= 15 is 0 Å². The molecule has 1 saturated carbocycles. The molecule has 1 aromatic carbocycles. The third-order valence-electron chi connectivity index (χ3n) is 4.10. The summed E-state index contributed by atoms with van der Waals surface area (Å²) >= 11 is 0. The molecule has 1 aromatic rings. The van der Waals surface area contributed by atoms with E-state index in [9.17, 15) is 18.0 Å². The number of halogens is 4. The van der Waals surface area contributed by atoms with E-state index in [1.807, 2.05) is 0 Å². The topological polar surface area (TPSA) is 55.1 Å². The molecule has 0 spiro atoms. The van der Waals surface area contributed by atoms with Crippen LogP contribution in [0.1, 0.15) is 37.7 Å². The van der Waals surface area contributed by atoms with E-state index in [1.165, 1.54) is 0 Å². The van der Waals surface area contributed by atoms with Crippen molar-refractivity contribution in [3.05, 3.63) is 29.8 Å². The highest BCUT2D eigenvalue weighted by Gasteiger charge is 2.27. The minimum absolute atomic E-state index is 0. The zero-order valence-electron chi connectivity index (χ0n) is 12.7. The number of benzene rings is 1. The molecule has 1 fully saturated rings. The molecule has 2 atom stereocenters. The Morgan fingerprint density at radius 2 is 1.87 bits per heavy atom. The molecule has 1 aliphatic rings. The van der Waals surface area contributed by atoms with Crippen LogP contribution in [0.3, 0.4) is 0 Å². The average Bonchev–Trinajstić information content (AvgIpc) is 2.82. The van der Waals surface area contributed by atoms with Gasteiger partial charge in [0.15, 0.2) is 0 Å². The summed E-state index contributed by atoms with van der Waals surface area (Å²) in [4.78, 5) is 11.9. The van der Waals surface area contributed by atoms with Crippen LogP contribution in [-0.4, -0.2) is 18.1 Å². The lowest BCUT2D eigenvalue weighted by molar-refractivity contribution is -0.134. The minimum Gasteiger partial charge on any atom is -0.327 e. The number of carbonyl (C=O) groups is 1. The van der Waals surface area contributed by atoms with E-state index in [4.69, 9.17) is 5.73 Å². The first kappa shape index (κ1) is 19.8. The van der Waals surface area contributed by atoms with Gasteiger partial charge >= 0.3 is 6.18 Å². The van der Waals surface area contributed by atoms with Gasteiger partial charge in [0, 0.05) is 24.6 Å². The van der Waals surface area contributed by atoms with E-state index in [0.717, 1.165) is 19.3 Å². The van der Waals surface area contributed by atoms with Gasteiger partial charge < -0.3 is 11.1 Å². The van der Waals surface area contributed by atoms with Gasteiger partial charge in [-0.2, -0.15) is 13.2 Å². The summed E-state index contributed by atoms with van der Waals surface area (Å²) in [5, 5.41) is 2.77. The number of carbonyl (C=O) groups excluding carboxylic acids is 1. The minimum atomic E-state index is -4.15. The number of hydrogen-bond donors (Lipinski definition) is 2. The van der Waals surface area contributed by atoms with Crippen LogP contribution in [0.15, 0.2) is 24.3 Å². The van der Waals surface area contributed by atoms with Crippen molar-refractivity contribution in [2.24, 2.45) is 11.7 Å². The van der Waals surface area contributed by atoms with E-state index in [-0.39, 0.29) is 36.7 Å². The quantitative estimate of drug-likeness (QED) is 0.841. The Hall–Kier alpha value is -1.27. The van der Waals surface area contributed by atoms with Crippen LogP contribution < -0.4 is 11.1 Å². The molecule has 7 heteroatoms. The maximum atomic E-state index is 12.2. The van der Waals surface area contributed by atoms with Crippen molar-refractivity contribution in [1.82, 2.24) is 0 Å². The largest absolute Gasteiger partial charge is 0.389 e. The number of anilines is 1. The van der Waals surface area contributed by atoms with E-state index in [0.29, 0.717) is 17.7 Å². The summed E-state index contributed by atoms with van der Waals surface area (Å²) in [5.41, 5.74) is 7.15. The molecular formula is C16H22ClF3N2O. The molecule has 0 saturated heterocycles. The van der Waals surface area contributed by atoms with Crippen LogP contribution >= 0.6 is 12.4 Å². The first-order valence-electron chi connectivity index (χ1n) is 7.54.